The van der Waals surface area contributed by atoms with Gasteiger partial charge in [0.05, 0.1) is 17.7 Å². The van der Waals surface area contributed by atoms with E-state index in [9.17, 15) is 23.6 Å². The topological polar surface area (TPSA) is 117 Å². The monoisotopic (exact) mass is 484 g/mol. The molecule has 0 aliphatic rings. The molecule has 0 bridgehead atoms. The Morgan fingerprint density at radius 2 is 1.66 bits per heavy atom. The summed E-state index contributed by atoms with van der Waals surface area (Å²) in [5.41, 5.74) is 1.98. The summed E-state index contributed by atoms with van der Waals surface area (Å²) in [6.45, 7) is 7.21. The fourth-order valence-corrected chi connectivity index (χ4v) is 3.78. The molecule has 0 fully saturated rings. The molecular weight excluding hydrogens is 459 g/mol. The van der Waals surface area contributed by atoms with Crippen molar-refractivity contribution in [2.75, 3.05) is 18.5 Å². The van der Waals surface area contributed by atoms with Crippen molar-refractivity contribution in [1.29, 1.82) is 0 Å². The van der Waals surface area contributed by atoms with Gasteiger partial charge in [-0.05, 0) is 65.0 Å². The van der Waals surface area contributed by atoms with E-state index in [0.717, 1.165) is 0 Å². The van der Waals surface area contributed by atoms with Crippen molar-refractivity contribution < 1.29 is 37.5 Å². The van der Waals surface area contributed by atoms with Crippen molar-refractivity contribution in [2.45, 2.75) is 34.6 Å². The molecule has 0 unspecified atom stereocenters. The second kappa shape index (κ2) is 10.4. The van der Waals surface area contributed by atoms with Crippen LogP contribution in [0.25, 0.3) is 5.69 Å². The van der Waals surface area contributed by atoms with Crippen molar-refractivity contribution in [3.05, 3.63) is 70.0 Å². The van der Waals surface area contributed by atoms with E-state index in [1.807, 2.05) is 0 Å². The number of rotatable bonds is 8. The highest BCUT2D eigenvalue weighted by molar-refractivity contribution is 6.11. The van der Waals surface area contributed by atoms with Crippen LogP contribution in [0.4, 0.5) is 10.3 Å². The summed E-state index contributed by atoms with van der Waals surface area (Å²) in [4.78, 5) is 49.4. The SMILES string of the molecule is CCOC(=O)c1c(NC(=O)COC(=O)c2cc(C)n(-c3ccc(F)cc3)c2C)oc(C)c1C(C)=O. The number of benzene rings is 1. The molecule has 1 aromatic carbocycles. The molecule has 0 aliphatic heterocycles. The zero-order chi connectivity index (χ0) is 25.9. The highest BCUT2D eigenvalue weighted by Gasteiger charge is 2.29. The summed E-state index contributed by atoms with van der Waals surface area (Å²) in [6, 6.07) is 7.40. The van der Waals surface area contributed by atoms with Gasteiger partial charge in [-0.1, -0.05) is 0 Å². The number of carbonyl (C=O) groups excluding carboxylic acids is 4. The van der Waals surface area contributed by atoms with Crippen molar-refractivity contribution in [3.63, 3.8) is 0 Å². The van der Waals surface area contributed by atoms with E-state index >= 15 is 0 Å². The minimum atomic E-state index is -0.824. The number of nitrogens with one attached hydrogen (secondary N) is 1. The number of ketones is 1. The predicted molar refractivity (Wildman–Crippen MR) is 124 cm³/mol. The average molecular weight is 484 g/mol. The number of aromatic nitrogens is 1. The van der Waals surface area contributed by atoms with Crippen molar-refractivity contribution >= 4 is 29.5 Å². The molecule has 0 saturated carbocycles. The largest absolute Gasteiger partial charge is 0.462 e. The van der Waals surface area contributed by atoms with Gasteiger partial charge in [-0.3, -0.25) is 14.9 Å². The number of aryl methyl sites for hydroxylation is 2. The second-order valence-corrected chi connectivity index (χ2v) is 7.73. The quantitative estimate of drug-likeness (QED) is 0.374. The van der Waals surface area contributed by atoms with E-state index in [-0.39, 0.29) is 40.8 Å². The Balaban J connectivity index is 1.75. The van der Waals surface area contributed by atoms with E-state index in [2.05, 4.69) is 5.32 Å². The molecule has 1 amide bonds. The average Bonchev–Trinajstić information content (AvgIpc) is 3.28. The number of halogens is 1. The lowest BCUT2D eigenvalue weighted by molar-refractivity contribution is -0.119. The maximum absolute atomic E-state index is 13.3. The number of nitrogens with zero attached hydrogens (tertiary/aromatic N) is 1. The number of amides is 1. The van der Waals surface area contributed by atoms with Gasteiger partial charge in [0.15, 0.2) is 12.4 Å². The van der Waals surface area contributed by atoms with Crippen LogP contribution in [0.1, 0.15) is 62.1 Å². The predicted octanol–water partition coefficient (Wildman–Crippen LogP) is 4.31. The van der Waals surface area contributed by atoms with Gasteiger partial charge in [0, 0.05) is 17.1 Å². The molecule has 2 heterocycles. The standard InChI is InChI=1S/C25H25FN2O7/c1-6-33-25(32)22-21(15(4)29)16(5)35-23(22)27-20(30)12-34-24(31)19-11-13(2)28(14(19)3)18-9-7-17(26)8-10-18/h7-11H,6,12H2,1-5H3,(H,27,30). The molecule has 0 saturated heterocycles. The van der Waals surface area contributed by atoms with Gasteiger partial charge in [0.25, 0.3) is 5.91 Å². The van der Waals surface area contributed by atoms with E-state index in [1.54, 1.807) is 43.5 Å². The van der Waals surface area contributed by atoms with E-state index < -0.39 is 30.2 Å². The maximum atomic E-state index is 13.3. The van der Waals surface area contributed by atoms with Gasteiger partial charge in [0.1, 0.15) is 17.1 Å². The summed E-state index contributed by atoms with van der Waals surface area (Å²) < 4.78 is 30.6. The molecular formula is C25H25FN2O7. The maximum Gasteiger partial charge on any atom is 0.344 e. The lowest BCUT2D eigenvalue weighted by Gasteiger charge is -2.10. The van der Waals surface area contributed by atoms with Crippen molar-refractivity contribution in [2.24, 2.45) is 0 Å². The van der Waals surface area contributed by atoms with Gasteiger partial charge in [-0.15, -0.1) is 0 Å². The molecule has 35 heavy (non-hydrogen) atoms. The fourth-order valence-electron chi connectivity index (χ4n) is 3.78. The molecule has 0 atom stereocenters. The van der Waals surface area contributed by atoms with Crippen LogP contribution in [-0.4, -0.2) is 41.4 Å². The van der Waals surface area contributed by atoms with Crippen LogP contribution in [-0.2, 0) is 14.3 Å². The van der Waals surface area contributed by atoms with Gasteiger partial charge >= 0.3 is 11.9 Å². The van der Waals surface area contributed by atoms with E-state index in [4.69, 9.17) is 13.9 Å². The van der Waals surface area contributed by atoms with Crippen LogP contribution < -0.4 is 5.32 Å². The third-order valence-corrected chi connectivity index (χ3v) is 5.24. The minimum absolute atomic E-state index is 0.00368. The summed E-state index contributed by atoms with van der Waals surface area (Å²) in [5, 5.41) is 2.36. The van der Waals surface area contributed by atoms with Crippen LogP contribution in [0, 0.1) is 26.6 Å². The zero-order valence-electron chi connectivity index (χ0n) is 20.0. The summed E-state index contributed by atoms with van der Waals surface area (Å²) in [5.74, 6) is -3.28. The number of anilines is 1. The molecule has 2 aromatic heterocycles. The van der Waals surface area contributed by atoms with E-state index in [0.29, 0.717) is 17.1 Å². The number of hydrogen-bond acceptors (Lipinski definition) is 7. The zero-order valence-corrected chi connectivity index (χ0v) is 20.0. The molecule has 9 nitrogen and oxygen atoms in total. The highest BCUT2D eigenvalue weighted by atomic mass is 19.1. The second-order valence-electron chi connectivity index (χ2n) is 7.73. The summed E-state index contributed by atoms with van der Waals surface area (Å²) in [7, 11) is 0. The number of carbonyl (C=O) groups is 4. The van der Waals surface area contributed by atoms with Crippen LogP contribution in [0.2, 0.25) is 0 Å². The van der Waals surface area contributed by atoms with Crippen LogP contribution in [0.5, 0.6) is 0 Å². The third-order valence-electron chi connectivity index (χ3n) is 5.24. The molecule has 0 aliphatic carbocycles. The number of hydrogen-bond donors (Lipinski definition) is 1. The lowest BCUT2D eigenvalue weighted by atomic mass is 10.1. The molecule has 10 heteroatoms. The van der Waals surface area contributed by atoms with E-state index in [1.165, 1.54) is 26.0 Å². The normalized spacial score (nSPS) is 10.7. The molecule has 3 aromatic rings. The van der Waals surface area contributed by atoms with Gasteiger partial charge in [0.2, 0.25) is 5.88 Å². The Bertz CT molecular complexity index is 1300. The van der Waals surface area contributed by atoms with Gasteiger partial charge < -0.3 is 18.5 Å². The summed E-state index contributed by atoms with van der Waals surface area (Å²) >= 11 is 0. The van der Waals surface area contributed by atoms with Crippen LogP contribution >= 0.6 is 0 Å². The Morgan fingerprint density at radius 1 is 1.00 bits per heavy atom. The number of Topliss-reactive ketones (excluding diaryl/α,β-unsaturated/α-hetero) is 1. The lowest BCUT2D eigenvalue weighted by Crippen LogP contribution is -2.22. The first-order valence-electron chi connectivity index (χ1n) is 10.8. The summed E-state index contributed by atoms with van der Waals surface area (Å²) in [6.07, 6.45) is 0. The Labute approximate surface area is 200 Å². The molecule has 1 N–H and O–H groups in total. The Hall–Kier alpha value is -4.21. The number of ether oxygens (including phenoxy) is 2. The smallest absolute Gasteiger partial charge is 0.344 e. The minimum Gasteiger partial charge on any atom is -0.462 e. The highest BCUT2D eigenvalue weighted by Crippen LogP contribution is 2.28. The molecule has 0 radical (unpaired) electrons. The van der Waals surface area contributed by atoms with Crippen LogP contribution in [0.15, 0.2) is 34.7 Å². The molecule has 0 spiro atoms. The first-order chi connectivity index (χ1) is 16.5. The first kappa shape index (κ1) is 25.4. The fraction of sp³-hybridized carbons (Fsp3) is 0.280. The number of esters is 2. The Kier molecular flexibility index (Phi) is 7.53. The van der Waals surface area contributed by atoms with Crippen molar-refractivity contribution in [1.82, 2.24) is 4.57 Å². The number of furan rings is 1. The van der Waals surface area contributed by atoms with Crippen molar-refractivity contribution in [3.8, 4) is 5.69 Å². The van der Waals surface area contributed by atoms with Gasteiger partial charge in [-0.25, -0.2) is 14.0 Å². The molecule has 3 rings (SSSR count). The van der Waals surface area contributed by atoms with Gasteiger partial charge in [-0.2, -0.15) is 0 Å². The molecule has 184 valence electrons. The Morgan fingerprint density at radius 3 is 2.26 bits per heavy atom. The third kappa shape index (κ3) is 5.32. The first-order valence-corrected chi connectivity index (χ1v) is 10.8. The van der Waals surface area contributed by atoms with Crippen LogP contribution in [0.3, 0.4) is 0 Å².